The number of hydrogen-bond donors (Lipinski definition) is 1. The van der Waals surface area contributed by atoms with Crippen LogP contribution in [0.5, 0.6) is 11.5 Å². The summed E-state index contributed by atoms with van der Waals surface area (Å²) in [6.07, 6.45) is 2.13. The van der Waals surface area contributed by atoms with Crippen molar-refractivity contribution >= 4 is 15.7 Å². The molecule has 1 aliphatic heterocycles. The summed E-state index contributed by atoms with van der Waals surface area (Å²) in [7, 11) is -0.627. The smallest absolute Gasteiger partial charge is 0.240 e. The summed E-state index contributed by atoms with van der Waals surface area (Å²) in [5, 5.41) is 0. The number of methoxy groups -OCH3 is 2. The van der Waals surface area contributed by atoms with Crippen molar-refractivity contribution in [3.63, 3.8) is 0 Å². The normalized spacial score (nSPS) is 16.7. The minimum atomic E-state index is -3.63. The molecule has 146 valence electrons. The molecule has 1 heterocycles. The van der Waals surface area contributed by atoms with E-state index >= 15 is 0 Å². The molecule has 3 rings (SSSR count). The van der Waals surface area contributed by atoms with Crippen LogP contribution in [0, 0.1) is 0 Å². The van der Waals surface area contributed by atoms with Crippen LogP contribution in [0.25, 0.3) is 0 Å². The predicted octanol–water partition coefficient (Wildman–Crippen LogP) is 2.82. The quantitative estimate of drug-likeness (QED) is 0.787. The first-order chi connectivity index (χ1) is 13.0. The minimum Gasteiger partial charge on any atom is -0.493 e. The van der Waals surface area contributed by atoms with E-state index in [0.717, 1.165) is 12.8 Å². The summed E-state index contributed by atoms with van der Waals surface area (Å²) in [4.78, 5) is 2.43. The fraction of sp³-hybridized carbons (Fsp3) is 0.400. The van der Waals surface area contributed by atoms with E-state index in [9.17, 15) is 8.42 Å². The molecule has 0 radical (unpaired) electrons. The summed E-state index contributed by atoms with van der Waals surface area (Å²) >= 11 is 0. The molecule has 0 bridgehead atoms. The Hall–Kier alpha value is -2.25. The summed E-state index contributed by atoms with van der Waals surface area (Å²) < 4.78 is 38.3. The molecular formula is C20H26N2O4S. The first kappa shape index (κ1) is 19.5. The molecule has 0 saturated heterocycles. The van der Waals surface area contributed by atoms with Gasteiger partial charge in [0.25, 0.3) is 0 Å². The van der Waals surface area contributed by atoms with Crippen LogP contribution < -0.4 is 19.1 Å². The average Bonchev–Trinajstić information content (AvgIpc) is 2.69. The second-order valence-electron chi connectivity index (χ2n) is 6.62. The fourth-order valence-corrected chi connectivity index (χ4v) is 4.50. The number of benzene rings is 2. The van der Waals surface area contributed by atoms with Gasteiger partial charge in [0, 0.05) is 30.9 Å². The van der Waals surface area contributed by atoms with Gasteiger partial charge in [-0.25, -0.2) is 13.1 Å². The topological polar surface area (TPSA) is 67.9 Å². The molecule has 0 aromatic heterocycles. The zero-order valence-corrected chi connectivity index (χ0v) is 16.8. The standard InChI is InChI=1S/C20H26N2O4S/c1-15-8-9-16-6-4-5-7-18(16)22(15)13-12-21-27(23,24)17-10-11-19(25-2)20(14-17)26-3/h4-7,10-11,14-15,21H,8-9,12-13H2,1-3H3. The van der Waals surface area contributed by atoms with Crippen molar-refractivity contribution in [1.29, 1.82) is 0 Å². The van der Waals surface area contributed by atoms with Crippen molar-refractivity contribution < 1.29 is 17.9 Å². The third-order valence-corrected chi connectivity index (χ3v) is 6.43. The van der Waals surface area contributed by atoms with E-state index in [2.05, 4.69) is 28.7 Å². The molecule has 1 unspecified atom stereocenters. The molecule has 2 aromatic carbocycles. The van der Waals surface area contributed by atoms with Gasteiger partial charge in [-0.15, -0.1) is 0 Å². The molecule has 0 saturated carbocycles. The van der Waals surface area contributed by atoms with Crippen molar-refractivity contribution in [2.45, 2.75) is 30.7 Å². The molecular weight excluding hydrogens is 364 g/mol. The van der Waals surface area contributed by atoms with Crippen molar-refractivity contribution in [2.75, 3.05) is 32.2 Å². The van der Waals surface area contributed by atoms with Gasteiger partial charge in [0.15, 0.2) is 11.5 Å². The Bertz CT molecular complexity index is 899. The van der Waals surface area contributed by atoms with Crippen LogP contribution in [-0.4, -0.2) is 41.8 Å². The molecule has 0 spiro atoms. The van der Waals surface area contributed by atoms with Gasteiger partial charge in [0.1, 0.15) is 0 Å². The van der Waals surface area contributed by atoms with E-state index in [1.807, 2.05) is 12.1 Å². The summed E-state index contributed by atoms with van der Waals surface area (Å²) in [5.74, 6) is 0.883. The Kier molecular flexibility index (Phi) is 5.92. The largest absolute Gasteiger partial charge is 0.493 e. The Labute approximate surface area is 161 Å². The van der Waals surface area contributed by atoms with Gasteiger partial charge < -0.3 is 14.4 Å². The maximum Gasteiger partial charge on any atom is 0.240 e. The lowest BCUT2D eigenvalue weighted by atomic mass is 9.97. The molecule has 1 atom stereocenters. The van der Waals surface area contributed by atoms with Crippen molar-refractivity contribution in [1.82, 2.24) is 4.72 Å². The van der Waals surface area contributed by atoms with Gasteiger partial charge in [-0.3, -0.25) is 0 Å². The Morgan fingerprint density at radius 1 is 1.11 bits per heavy atom. The highest BCUT2D eigenvalue weighted by Gasteiger charge is 2.23. The molecule has 1 aliphatic rings. The third kappa shape index (κ3) is 4.20. The van der Waals surface area contributed by atoms with Crippen molar-refractivity contribution in [2.24, 2.45) is 0 Å². The Balaban J connectivity index is 1.70. The Morgan fingerprint density at radius 2 is 1.85 bits per heavy atom. The SMILES string of the molecule is COc1ccc(S(=O)(=O)NCCN2c3ccccc3CCC2C)cc1OC. The second-order valence-corrected chi connectivity index (χ2v) is 8.39. The molecule has 0 fully saturated rings. The maximum absolute atomic E-state index is 12.6. The van der Waals surface area contributed by atoms with Crippen LogP contribution >= 0.6 is 0 Å². The zero-order chi connectivity index (χ0) is 19.4. The molecule has 6 nitrogen and oxygen atoms in total. The fourth-order valence-electron chi connectivity index (χ4n) is 3.47. The number of aryl methyl sites for hydroxylation is 1. The lowest BCUT2D eigenvalue weighted by molar-refractivity contribution is 0.354. The van der Waals surface area contributed by atoms with E-state index in [0.29, 0.717) is 30.6 Å². The molecule has 7 heteroatoms. The highest BCUT2D eigenvalue weighted by atomic mass is 32.2. The number of anilines is 1. The molecule has 1 N–H and O–H groups in total. The first-order valence-corrected chi connectivity index (χ1v) is 10.5. The predicted molar refractivity (Wildman–Crippen MR) is 106 cm³/mol. The number of nitrogens with one attached hydrogen (secondary N) is 1. The molecule has 2 aromatic rings. The van der Waals surface area contributed by atoms with Gasteiger partial charge in [0.05, 0.1) is 19.1 Å². The highest BCUT2D eigenvalue weighted by molar-refractivity contribution is 7.89. The number of nitrogens with zero attached hydrogens (tertiary/aromatic N) is 1. The molecule has 0 amide bonds. The van der Waals surface area contributed by atoms with Crippen molar-refractivity contribution in [3.8, 4) is 11.5 Å². The summed E-state index contributed by atoms with van der Waals surface area (Å²) in [6, 6.07) is 13.3. The van der Waals surface area contributed by atoms with Gasteiger partial charge in [-0.1, -0.05) is 18.2 Å². The maximum atomic E-state index is 12.6. The second kappa shape index (κ2) is 8.19. The summed E-state index contributed by atoms with van der Waals surface area (Å²) in [5.41, 5.74) is 2.51. The monoisotopic (exact) mass is 390 g/mol. The molecule has 27 heavy (non-hydrogen) atoms. The third-order valence-electron chi connectivity index (χ3n) is 4.97. The van der Waals surface area contributed by atoms with Crippen LogP contribution in [0.2, 0.25) is 0 Å². The number of para-hydroxylation sites is 1. The number of sulfonamides is 1. The average molecular weight is 391 g/mol. The number of rotatable bonds is 7. The number of hydrogen-bond acceptors (Lipinski definition) is 5. The van der Waals surface area contributed by atoms with Crippen LogP contribution in [0.15, 0.2) is 47.4 Å². The Morgan fingerprint density at radius 3 is 2.59 bits per heavy atom. The lowest BCUT2D eigenvalue weighted by Gasteiger charge is -2.37. The van der Waals surface area contributed by atoms with E-state index < -0.39 is 10.0 Å². The molecule has 0 aliphatic carbocycles. The van der Waals surface area contributed by atoms with Crippen LogP contribution in [0.3, 0.4) is 0 Å². The van der Waals surface area contributed by atoms with Gasteiger partial charge in [0.2, 0.25) is 10.0 Å². The van der Waals surface area contributed by atoms with Crippen LogP contribution in [-0.2, 0) is 16.4 Å². The highest BCUT2D eigenvalue weighted by Crippen LogP contribution is 2.31. The number of ether oxygens (including phenoxy) is 2. The van der Waals surface area contributed by atoms with Gasteiger partial charge in [-0.05, 0) is 43.5 Å². The first-order valence-electron chi connectivity index (χ1n) is 9.02. The zero-order valence-electron chi connectivity index (χ0n) is 15.9. The van der Waals surface area contributed by atoms with Gasteiger partial charge >= 0.3 is 0 Å². The van der Waals surface area contributed by atoms with Crippen LogP contribution in [0.4, 0.5) is 5.69 Å². The van der Waals surface area contributed by atoms with E-state index in [4.69, 9.17) is 9.47 Å². The lowest BCUT2D eigenvalue weighted by Crippen LogP contribution is -2.42. The van der Waals surface area contributed by atoms with Crippen LogP contribution in [0.1, 0.15) is 18.9 Å². The van der Waals surface area contributed by atoms with E-state index in [1.165, 1.54) is 37.6 Å². The van der Waals surface area contributed by atoms with Crippen molar-refractivity contribution in [3.05, 3.63) is 48.0 Å². The number of fused-ring (bicyclic) bond motifs is 1. The summed E-state index contributed by atoms with van der Waals surface area (Å²) in [6.45, 7) is 3.12. The van der Waals surface area contributed by atoms with Gasteiger partial charge in [-0.2, -0.15) is 0 Å². The van der Waals surface area contributed by atoms with E-state index in [1.54, 1.807) is 6.07 Å². The van der Waals surface area contributed by atoms with E-state index in [-0.39, 0.29) is 4.90 Å². The minimum absolute atomic E-state index is 0.159.